The highest BCUT2D eigenvalue weighted by atomic mass is 19.1. The van der Waals surface area contributed by atoms with Crippen molar-refractivity contribution in [3.05, 3.63) is 89.7 Å². The number of amides is 2. The zero-order valence-corrected chi connectivity index (χ0v) is 16.3. The molecule has 3 rings (SSSR count). The van der Waals surface area contributed by atoms with Crippen LogP contribution >= 0.6 is 0 Å². The van der Waals surface area contributed by atoms with E-state index in [4.69, 9.17) is 10.5 Å². The largest absolute Gasteiger partial charge is 0.494 e. The zero-order chi connectivity index (χ0) is 22.7. The van der Waals surface area contributed by atoms with Crippen LogP contribution in [0.2, 0.25) is 0 Å². The van der Waals surface area contributed by atoms with Crippen LogP contribution in [0.3, 0.4) is 0 Å². The van der Waals surface area contributed by atoms with Gasteiger partial charge in [0.15, 0.2) is 0 Å². The summed E-state index contributed by atoms with van der Waals surface area (Å²) in [5.74, 6) is -3.72. The molecule has 9 heteroatoms. The summed E-state index contributed by atoms with van der Waals surface area (Å²) in [6.07, 6.45) is 0. The van der Waals surface area contributed by atoms with Crippen molar-refractivity contribution >= 4 is 17.5 Å². The van der Waals surface area contributed by atoms with Crippen LogP contribution in [0.15, 0.2) is 60.9 Å². The van der Waals surface area contributed by atoms with Gasteiger partial charge in [-0.1, -0.05) is 12.6 Å². The van der Waals surface area contributed by atoms with Gasteiger partial charge < -0.3 is 10.5 Å². The molecule has 2 aromatic carbocycles. The Morgan fingerprint density at radius 1 is 1.06 bits per heavy atom. The smallest absolute Gasteiger partial charge is 0.325 e. The van der Waals surface area contributed by atoms with Crippen LogP contribution < -0.4 is 10.6 Å². The van der Waals surface area contributed by atoms with Gasteiger partial charge in [0.2, 0.25) is 0 Å². The van der Waals surface area contributed by atoms with Crippen molar-refractivity contribution in [3.63, 3.8) is 0 Å². The van der Waals surface area contributed by atoms with E-state index in [1.807, 2.05) is 0 Å². The Bertz CT molecular complexity index is 1150. The van der Waals surface area contributed by atoms with Gasteiger partial charge in [-0.15, -0.1) is 0 Å². The Hall–Kier alpha value is -3.88. The predicted octanol–water partition coefficient (Wildman–Crippen LogP) is 5.57. The van der Waals surface area contributed by atoms with Gasteiger partial charge >= 0.3 is 6.03 Å². The van der Waals surface area contributed by atoms with E-state index in [9.17, 15) is 22.4 Å². The Balaban J connectivity index is 2.21. The quantitative estimate of drug-likeness (QED) is 0.410. The Morgan fingerprint density at radius 3 is 2.32 bits per heavy atom. The van der Waals surface area contributed by atoms with Crippen LogP contribution in [0.5, 0.6) is 0 Å². The van der Waals surface area contributed by atoms with E-state index in [2.05, 4.69) is 11.6 Å². The number of carbonyl (C=O) groups is 1. The zero-order valence-electron chi connectivity index (χ0n) is 16.3. The van der Waals surface area contributed by atoms with Crippen molar-refractivity contribution in [2.75, 3.05) is 4.90 Å². The first kappa shape index (κ1) is 21.8. The van der Waals surface area contributed by atoms with Crippen LogP contribution in [0, 0.1) is 23.3 Å². The maximum atomic E-state index is 14.5. The fraction of sp³-hybridized carbons (Fsp3) is 0.0909. The summed E-state index contributed by atoms with van der Waals surface area (Å²) in [5, 5.41) is 0. The molecule has 5 nitrogen and oxygen atoms in total. The summed E-state index contributed by atoms with van der Waals surface area (Å²) in [5.41, 5.74) is 4.85. The molecular weight excluding hydrogens is 414 g/mol. The molecule has 0 aliphatic rings. The van der Waals surface area contributed by atoms with Gasteiger partial charge in [-0.25, -0.2) is 32.2 Å². The number of ether oxygens (including phenoxy) is 1. The summed E-state index contributed by atoms with van der Waals surface area (Å²) < 4.78 is 61.9. The van der Waals surface area contributed by atoms with Gasteiger partial charge in [0.25, 0.3) is 0 Å². The lowest BCUT2D eigenvalue weighted by Gasteiger charge is -2.22. The third kappa shape index (κ3) is 4.66. The molecule has 0 spiro atoms. The number of benzene rings is 2. The summed E-state index contributed by atoms with van der Waals surface area (Å²) in [6.45, 7) is 5.15. The number of urea groups is 1. The SMILES string of the molecule is C=C(C)OCc1ccc(N(C(N)=O)c2c(F)cccc2F)nc1-c1ccc(F)cc1F. The Kier molecular flexibility index (Phi) is 6.24. The van der Waals surface area contributed by atoms with E-state index >= 15 is 0 Å². The number of aromatic nitrogens is 1. The summed E-state index contributed by atoms with van der Waals surface area (Å²) in [7, 11) is 0. The van der Waals surface area contributed by atoms with Crippen molar-refractivity contribution in [2.24, 2.45) is 5.73 Å². The third-order valence-electron chi connectivity index (χ3n) is 4.24. The molecule has 3 aromatic rings. The fourth-order valence-corrected chi connectivity index (χ4v) is 2.87. The molecule has 0 aliphatic heterocycles. The number of primary amides is 1. The van der Waals surface area contributed by atoms with Crippen LogP contribution in [0.25, 0.3) is 11.3 Å². The van der Waals surface area contributed by atoms with Crippen molar-refractivity contribution in [3.8, 4) is 11.3 Å². The molecule has 2 amide bonds. The highest BCUT2D eigenvalue weighted by Crippen LogP contribution is 2.33. The lowest BCUT2D eigenvalue weighted by molar-refractivity contribution is 0.202. The highest BCUT2D eigenvalue weighted by Gasteiger charge is 2.25. The number of anilines is 2. The molecule has 2 N–H and O–H groups in total. The molecule has 0 unspecified atom stereocenters. The molecule has 0 aliphatic carbocycles. The first-order chi connectivity index (χ1) is 14.7. The third-order valence-corrected chi connectivity index (χ3v) is 4.24. The van der Waals surface area contributed by atoms with E-state index in [1.54, 1.807) is 6.92 Å². The van der Waals surface area contributed by atoms with E-state index in [1.165, 1.54) is 12.1 Å². The summed E-state index contributed by atoms with van der Waals surface area (Å²) >= 11 is 0. The number of para-hydroxylation sites is 1. The molecule has 0 atom stereocenters. The molecule has 0 radical (unpaired) electrons. The van der Waals surface area contributed by atoms with Gasteiger partial charge in [0.1, 0.15) is 41.4 Å². The monoisotopic (exact) mass is 431 g/mol. The van der Waals surface area contributed by atoms with Gasteiger partial charge in [-0.3, -0.25) is 0 Å². The summed E-state index contributed by atoms with van der Waals surface area (Å²) in [4.78, 5) is 16.8. The minimum Gasteiger partial charge on any atom is -0.494 e. The first-order valence-corrected chi connectivity index (χ1v) is 8.96. The maximum Gasteiger partial charge on any atom is 0.325 e. The average Bonchev–Trinajstić information content (AvgIpc) is 2.69. The topological polar surface area (TPSA) is 68.5 Å². The molecule has 1 aromatic heterocycles. The minimum absolute atomic E-state index is 0.0285. The van der Waals surface area contributed by atoms with Crippen LogP contribution in [-0.2, 0) is 11.3 Å². The number of nitrogens with zero attached hydrogens (tertiary/aromatic N) is 2. The standard InChI is InChI=1S/C22H17F4N3O2/c1-12(2)31-11-13-6-9-19(28-20(13)15-8-7-14(23)10-18(15)26)29(22(27)30)21-16(24)4-3-5-17(21)25/h3-10H,1,11H2,2H3,(H2,27,30). The van der Waals surface area contributed by atoms with Gasteiger partial charge in [0, 0.05) is 17.2 Å². The second kappa shape index (κ2) is 8.86. The van der Waals surface area contributed by atoms with E-state index in [0.29, 0.717) is 22.3 Å². The van der Waals surface area contributed by atoms with Crippen molar-refractivity contribution < 1.29 is 27.1 Å². The maximum absolute atomic E-state index is 14.5. The van der Waals surface area contributed by atoms with Crippen molar-refractivity contribution in [1.82, 2.24) is 4.98 Å². The number of allylic oxidation sites excluding steroid dienone is 1. The van der Waals surface area contributed by atoms with Crippen molar-refractivity contribution in [1.29, 1.82) is 0 Å². The minimum atomic E-state index is -1.21. The predicted molar refractivity (Wildman–Crippen MR) is 107 cm³/mol. The lowest BCUT2D eigenvalue weighted by atomic mass is 10.1. The molecule has 0 saturated heterocycles. The number of nitrogens with two attached hydrogens (primary N) is 1. The number of pyridine rings is 1. The van der Waals surface area contributed by atoms with E-state index < -0.39 is 35.0 Å². The number of hydrogen-bond donors (Lipinski definition) is 1. The number of carbonyl (C=O) groups excluding carboxylic acids is 1. The molecule has 0 fully saturated rings. The van der Waals surface area contributed by atoms with Crippen LogP contribution in [0.4, 0.5) is 33.9 Å². The second-order valence-electron chi connectivity index (χ2n) is 6.54. The average molecular weight is 431 g/mol. The Morgan fingerprint density at radius 2 is 1.74 bits per heavy atom. The molecule has 160 valence electrons. The molecule has 1 heterocycles. The van der Waals surface area contributed by atoms with Gasteiger partial charge in [0.05, 0.1) is 11.5 Å². The van der Waals surface area contributed by atoms with Gasteiger partial charge in [-0.2, -0.15) is 0 Å². The van der Waals surface area contributed by atoms with Crippen LogP contribution in [-0.4, -0.2) is 11.0 Å². The van der Waals surface area contributed by atoms with Crippen LogP contribution in [0.1, 0.15) is 12.5 Å². The number of rotatable bonds is 6. The molecule has 31 heavy (non-hydrogen) atoms. The normalized spacial score (nSPS) is 10.6. The molecule has 0 saturated carbocycles. The Labute approximate surface area is 175 Å². The van der Waals surface area contributed by atoms with Gasteiger partial charge in [-0.05, 0) is 43.3 Å². The number of hydrogen-bond acceptors (Lipinski definition) is 3. The summed E-state index contributed by atoms with van der Waals surface area (Å²) in [6, 6.07) is 7.35. The fourth-order valence-electron chi connectivity index (χ4n) is 2.87. The second-order valence-corrected chi connectivity index (χ2v) is 6.54. The lowest BCUT2D eigenvalue weighted by Crippen LogP contribution is -2.33. The van der Waals surface area contributed by atoms with Crippen molar-refractivity contribution in [2.45, 2.75) is 13.5 Å². The highest BCUT2D eigenvalue weighted by molar-refractivity contribution is 5.98. The molecule has 0 bridgehead atoms. The van der Waals surface area contributed by atoms with E-state index in [-0.39, 0.29) is 23.7 Å². The van der Waals surface area contributed by atoms with E-state index in [0.717, 1.165) is 30.3 Å². The molecular formula is C22H17F4N3O2. The number of halogens is 4. The first-order valence-electron chi connectivity index (χ1n) is 8.96.